The predicted octanol–water partition coefficient (Wildman–Crippen LogP) is 4.51. The van der Waals surface area contributed by atoms with Crippen molar-refractivity contribution in [1.82, 2.24) is 5.32 Å². The smallest absolute Gasteiger partial charge is 0.254 e. The molecule has 0 radical (unpaired) electrons. The maximum atomic E-state index is 13.3. The van der Waals surface area contributed by atoms with E-state index in [1.807, 2.05) is 48.5 Å². The molecule has 0 spiro atoms. The SMILES string of the molecule is O=C1Nc2ccc(Cl)cc2C1(NC(CO)c1ccccc1)c1ccccc1Cl. The highest BCUT2D eigenvalue weighted by molar-refractivity contribution is 6.32. The van der Waals surface area contributed by atoms with E-state index < -0.39 is 11.6 Å². The normalized spacial score (nSPS) is 19.2. The number of nitrogens with one attached hydrogen (secondary N) is 2. The van der Waals surface area contributed by atoms with E-state index in [1.165, 1.54) is 0 Å². The Bertz CT molecular complexity index is 1030. The van der Waals surface area contributed by atoms with Gasteiger partial charge in [0.2, 0.25) is 0 Å². The molecule has 0 aliphatic carbocycles. The molecule has 1 aliphatic heterocycles. The second kappa shape index (κ2) is 7.57. The van der Waals surface area contributed by atoms with Crippen LogP contribution in [-0.2, 0) is 10.3 Å². The minimum Gasteiger partial charge on any atom is -0.394 e. The number of aliphatic hydroxyl groups is 1. The molecule has 1 aliphatic rings. The van der Waals surface area contributed by atoms with Crippen molar-refractivity contribution >= 4 is 34.8 Å². The number of amides is 1. The lowest BCUT2D eigenvalue weighted by Crippen LogP contribution is -2.51. The summed E-state index contributed by atoms with van der Waals surface area (Å²) in [6.07, 6.45) is 0. The van der Waals surface area contributed by atoms with E-state index in [0.29, 0.717) is 26.9 Å². The molecule has 0 saturated heterocycles. The number of benzene rings is 3. The highest BCUT2D eigenvalue weighted by atomic mass is 35.5. The molecule has 2 unspecified atom stereocenters. The summed E-state index contributed by atoms with van der Waals surface area (Å²) in [5.41, 5.74) is 1.50. The van der Waals surface area contributed by atoms with Crippen LogP contribution in [0.2, 0.25) is 10.0 Å². The third kappa shape index (κ3) is 3.09. The summed E-state index contributed by atoms with van der Waals surface area (Å²) >= 11 is 12.8. The number of aliphatic hydroxyl groups excluding tert-OH is 1. The monoisotopic (exact) mass is 412 g/mol. The van der Waals surface area contributed by atoms with Crippen molar-refractivity contribution in [2.75, 3.05) is 11.9 Å². The van der Waals surface area contributed by atoms with Crippen LogP contribution in [0.15, 0.2) is 72.8 Å². The van der Waals surface area contributed by atoms with Gasteiger partial charge in [0.05, 0.1) is 12.6 Å². The Morgan fingerprint density at radius 3 is 2.39 bits per heavy atom. The summed E-state index contributed by atoms with van der Waals surface area (Å²) in [5.74, 6) is -0.271. The van der Waals surface area contributed by atoms with Gasteiger partial charge < -0.3 is 10.4 Å². The number of fused-ring (bicyclic) bond motifs is 1. The maximum absolute atomic E-state index is 13.3. The first-order valence-electron chi connectivity index (χ1n) is 8.86. The molecular formula is C22H18Cl2N2O2. The fourth-order valence-electron chi connectivity index (χ4n) is 3.71. The lowest BCUT2D eigenvalue weighted by molar-refractivity contribution is -0.120. The molecule has 0 fully saturated rings. The fourth-order valence-corrected chi connectivity index (χ4v) is 4.16. The van der Waals surface area contributed by atoms with Crippen molar-refractivity contribution in [3.05, 3.63) is 99.5 Å². The Labute approximate surface area is 173 Å². The number of halogens is 2. The zero-order valence-electron chi connectivity index (χ0n) is 14.8. The molecule has 0 saturated carbocycles. The largest absolute Gasteiger partial charge is 0.394 e. The average molecular weight is 413 g/mol. The minimum atomic E-state index is -1.29. The molecule has 1 heterocycles. The van der Waals surface area contributed by atoms with E-state index in [-0.39, 0.29) is 12.5 Å². The first-order valence-corrected chi connectivity index (χ1v) is 9.62. The maximum Gasteiger partial charge on any atom is 0.254 e. The summed E-state index contributed by atoms with van der Waals surface area (Å²) in [7, 11) is 0. The number of hydrogen-bond donors (Lipinski definition) is 3. The first-order chi connectivity index (χ1) is 13.6. The number of rotatable bonds is 5. The number of carbonyl (C=O) groups excluding carboxylic acids is 1. The average Bonchev–Trinajstić information content (AvgIpc) is 2.98. The Balaban J connectivity index is 1.93. The summed E-state index contributed by atoms with van der Waals surface area (Å²) in [5, 5.41) is 17.4. The molecule has 4 nitrogen and oxygen atoms in total. The molecule has 0 bridgehead atoms. The van der Waals surface area contributed by atoms with E-state index in [9.17, 15) is 9.90 Å². The van der Waals surface area contributed by atoms with E-state index in [2.05, 4.69) is 10.6 Å². The van der Waals surface area contributed by atoms with Crippen molar-refractivity contribution < 1.29 is 9.90 Å². The quantitative estimate of drug-likeness (QED) is 0.577. The second-order valence-corrected chi connectivity index (χ2v) is 7.51. The topological polar surface area (TPSA) is 61.4 Å². The second-order valence-electron chi connectivity index (χ2n) is 6.66. The molecule has 3 aromatic rings. The Kier molecular flexibility index (Phi) is 5.13. The van der Waals surface area contributed by atoms with E-state index in [0.717, 1.165) is 5.56 Å². The Morgan fingerprint density at radius 2 is 1.68 bits per heavy atom. The summed E-state index contributed by atoms with van der Waals surface area (Å²) in [6.45, 7) is -0.195. The molecule has 0 aromatic heterocycles. The molecule has 142 valence electrons. The minimum absolute atomic E-state index is 0.195. The standard InChI is InChI=1S/C22H18Cl2N2O2/c23-15-10-11-19-17(12-15)22(21(28)25-19,16-8-4-5-9-18(16)24)26-20(13-27)14-6-2-1-3-7-14/h1-12,20,26-27H,13H2,(H,25,28). The lowest BCUT2D eigenvalue weighted by atomic mass is 9.82. The molecule has 4 rings (SSSR count). The molecule has 3 N–H and O–H groups in total. The van der Waals surface area contributed by atoms with Gasteiger partial charge in [-0.2, -0.15) is 0 Å². The van der Waals surface area contributed by atoms with Crippen LogP contribution in [0.25, 0.3) is 0 Å². The zero-order chi connectivity index (χ0) is 19.7. The van der Waals surface area contributed by atoms with Crippen molar-refractivity contribution in [2.24, 2.45) is 0 Å². The highest BCUT2D eigenvalue weighted by Gasteiger charge is 2.50. The summed E-state index contributed by atoms with van der Waals surface area (Å²) in [4.78, 5) is 13.3. The van der Waals surface area contributed by atoms with E-state index in [1.54, 1.807) is 24.3 Å². The van der Waals surface area contributed by atoms with Crippen LogP contribution in [0.3, 0.4) is 0 Å². The van der Waals surface area contributed by atoms with Crippen LogP contribution < -0.4 is 10.6 Å². The molecule has 28 heavy (non-hydrogen) atoms. The van der Waals surface area contributed by atoms with Gasteiger partial charge in [0, 0.05) is 26.9 Å². The first kappa shape index (κ1) is 19.0. The van der Waals surface area contributed by atoms with Crippen LogP contribution in [0.4, 0.5) is 5.69 Å². The Morgan fingerprint density at radius 1 is 0.964 bits per heavy atom. The molecule has 2 atom stereocenters. The van der Waals surface area contributed by atoms with E-state index >= 15 is 0 Å². The van der Waals surface area contributed by atoms with Gasteiger partial charge in [-0.05, 0) is 29.8 Å². The zero-order valence-corrected chi connectivity index (χ0v) is 16.3. The van der Waals surface area contributed by atoms with Crippen LogP contribution in [0, 0.1) is 0 Å². The van der Waals surface area contributed by atoms with Crippen molar-refractivity contribution in [1.29, 1.82) is 0 Å². The number of anilines is 1. The van der Waals surface area contributed by atoms with E-state index in [4.69, 9.17) is 23.2 Å². The molecule has 3 aromatic carbocycles. The van der Waals surface area contributed by atoms with Gasteiger partial charge in [0.15, 0.2) is 5.54 Å². The van der Waals surface area contributed by atoms with Gasteiger partial charge in [-0.1, -0.05) is 71.7 Å². The van der Waals surface area contributed by atoms with Crippen molar-refractivity contribution in [3.63, 3.8) is 0 Å². The Hall–Kier alpha value is -2.37. The lowest BCUT2D eigenvalue weighted by Gasteiger charge is -2.34. The van der Waals surface area contributed by atoms with Gasteiger partial charge in [-0.15, -0.1) is 0 Å². The number of carbonyl (C=O) groups is 1. The van der Waals surface area contributed by atoms with Gasteiger partial charge in [-0.3, -0.25) is 10.1 Å². The van der Waals surface area contributed by atoms with Crippen LogP contribution >= 0.6 is 23.2 Å². The number of hydrogen-bond acceptors (Lipinski definition) is 3. The third-order valence-electron chi connectivity index (χ3n) is 5.03. The summed E-state index contributed by atoms with van der Waals surface area (Å²) in [6, 6.07) is 21.4. The van der Waals surface area contributed by atoms with Crippen LogP contribution in [0.1, 0.15) is 22.7 Å². The summed E-state index contributed by atoms with van der Waals surface area (Å²) < 4.78 is 0. The predicted molar refractivity (Wildman–Crippen MR) is 112 cm³/mol. The van der Waals surface area contributed by atoms with Gasteiger partial charge in [0.1, 0.15) is 0 Å². The highest BCUT2D eigenvalue weighted by Crippen LogP contribution is 2.45. The molecule has 6 heteroatoms. The third-order valence-corrected chi connectivity index (χ3v) is 5.59. The van der Waals surface area contributed by atoms with Gasteiger partial charge in [-0.25, -0.2) is 0 Å². The fraction of sp³-hybridized carbons (Fsp3) is 0.136. The molecule has 1 amide bonds. The molecular weight excluding hydrogens is 395 g/mol. The van der Waals surface area contributed by atoms with Gasteiger partial charge >= 0.3 is 0 Å². The van der Waals surface area contributed by atoms with Crippen LogP contribution in [-0.4, -0.2) is 17.6 Å². The van der Waals surface area contributed by atoms with Crippen molar-refractivity contribution in [2.45, 2.75) is 11.6 Å². The van der Waals surface area contributed by atoms with Crippen LogP contribution in [0.5, 0.6) is 0 Å². The van der Waals surface area contributed by atoms with Crippen molar-refractivity contribution in [3.8, 4) is 0 Å². The van der Waals surface area contributed by atoms with Gasteiger partial charge in [0.25, 0.3) is 5.91 Å².